The summed E-state index contributed by atoms with van der Waals surface area (Å²) < 4.78 is 33.8. The van der Waals surface area contributed by atoms with Gasteiger partial charge < -0.3 is 15.2 Å². The number of hydrogen-bond donors (Lipinski definition) is 1. The van der Waals surface area contributed by atoms with E-state index in [1.54, 1.807) is 6.92 Å². The van der Waals surface area contributed by atoms with Crippen LogP contribution in [0.4, 0.5) is 14.5 Å². The molecule has 0 saturated heterocycles. The van der Waals surface area contributed by atoms with Crippen molar-refractivity contribution in [3.8, 4) is 5.75 Å². The molecule has 0 heterocycles. The van der Waals surface area contributed by atoms with Crippen LogP contribution < -0.4 is 10.5 Å². The quantitative estimate of drug-likeness (QED) is 0.686. The Bertz CT molecular complexity index is 426. The molecule has 0 aromatic heterocycles. The second kappa shape index (κ2) is 5.81. The highest BCUT2D eigenvalue weighted by molar-refractivity contribution is 9.10. The summed E-state index contributed by atoms with van der Waals surface area (Å²) in [4.78, 5) is 11.5. The van der Waals surface area contributed by atoms with Crippen molar-refractivity contribution >= 4 is 27.6 Å². The molecular weight excluding hydrogens is 300 g/mol. The van der Waals surface area contributed by atoms with E-state index < -0.39 is 12.6 Å². The van der Waals surface area contributed by atoms with Crippen LogP contribution in [0.15, 0.2) is 16.6 Å². The molecule has 0 aliphatic heterocycles. The van der Waals surface area contributed by atoms with Crippen molar-refractivity contribution in [1.29, 1.82) is 0 Å². The van der Waals surface area contributed by atoms with Gasteiger partial charge in [-0.15, -0.1) is 0 Å². The first-order chi connectivity index (χ1) is 7.95. The average molecular weight is 310 g/mol. The molecule has 0 amide bonds. The number of ether oxygens (including phenoxy) is 2. The van der Waals surface area contributed by atoms with Gasteiger partial charge in [0.2, 0.25) is 0 Å². The monoisotopic (exact) mass is 309 g/mol. The fourth-order valence-electron chi connectivity index (χ4n) is 1.20. The highest BCUT2D eigenvalue weighted by atomic mass is 79.9. The van der Waals surface area contributed by atoms with Crippen LogP contribution in [0.1, 0.15) is 17.3 Å². The number of halogens is 3. The highest BCUT2D eigenvalue weighted by Gasteiger charge is 2.20. The maximum Gasteiger partial charge on any atom is 0.387 e. The van der Waals surface area contributed by atoms with Gasteiger partial charge in [-0.25, -0.2) is 4.79 Å². The van der Waals surface area contributed by atoms with Gasteiger partial charge in [0.25, 0.3) is 0 Å². The molecule has 0 unspecified atom stereocenters. The lowest BCUT2D eigenvalue weighted by Gasteiger charge is -2.12. The van der Waals surface area contributed by atoms with E-state index in [1.807, 2.05) is 0 Å². The minimum Gasteiger partial charge on any atom is -0.462 e. The molecule has 0 atom stereocenters. The molecule has 94 valence electrons. The van der Waals surface area contributed by atoms with E-state index in [2.05, 4.69) is 20.7 Å². The minimum absolute atomic E-state index is 0.0669. The van der Waals surface area contributed by atoms with E-state index in [0.717, 1.165) is 0 Å². The number of nitrogen functional groups attached to an aromatic ring is 1. The number of carbonyl (C=O) groups excluding carboxylic acids is 1. The Morgan fingerprint density at radius 3 is 2.71 bits per heavy atom. The number of carbonyl (C=O) groups is 1. The van der Waals surface area contributed by atoms with Gasteiger partial charge in [0, 0.05) is 4.47 Å². The number of rotatable bonds is 4. The Morgan fingerprint density at radius 2 is 2.18 bits per heavy atom. The smallest absolute Gasteiger partial charge is 0.387 e. The second-order valence-corrected chi connectivity index (χ2v) is 3.89. The molecule has 0 radical (unpaired) electrons. The molecule has 1 aromatic rings. The predicted molar refractivity (Wildman–Crippen MR) is 61.1 cm³/mol. The van der Waals surface area contributed by atoms with Crippen LogP contribution in [0.5, 0.6) is 5.75 Å². The van der Waals surface area contributed by atoms with E-state index in [9.17, 15) is 13.6 Å². The fourth-order valence-corrected chi connectivity index (χ4v) is 1.67. The lowest BCUT2D eigenvalue weighted by Crippen LogP contribution is -2.12. The Labute approximate surface area is 105 Å². The standard InChI is InChI=1S/C10H10BrF2NO3/c1-2-16-9(15)6-3-5(11)4-7(14)8(6)17-10(12)13/h3-4,10H,2,14H2,1H3. The molecule has 0 spiro atoms. The van der Waals surface area contributed by atoms with Crippen molar-refractivity contribution in [2.45, 2.75) is 13.5 Å². The molecule has 0 aliphatic rings. The molecule has 0 saturated carbocycles. The maximum atomic E-state index is 12.2. The first-order valence-electron chi connectivity index (χ1n) is 4.66. The fraction of sp³-hybridized carbons (Fsp3) is 0.300. The third-order valence-electron chi connectivity index (χ3n) is 1.78. The van der Waals surface area contributed by atoms with Crippen molar-refractivity contribution in [3.05, 3.63) is 22.2 Å². The summed E-state index contributed by atoms with van der Waals surface area (Å²) in [5, 5.41) is 0. The molecule has 1 aromatic carbocycles. The molecule has 7 heteroatoms. The van der Waals surface area contributed by atoms with Crippen LogP contribution >= 0.6 is 15.9 Å². The van der Waals surface area contributed by atoms with E-state index in [-0.39, 0.29) is 23.6 Å². The molecular formula is C10H10BrF2NO3. The van der Waals surface area contributed by atoms with Gasteiger partial charge in [-0.3, -0.25) is 0 Å². The minimum atomic E-state index is -3.06. The molecule has 17 heavy (non-hydrogen) atoms. The van der Waals surface area contributed by atoms with Crippen molar-refractivity contribution < 1.29 is 23.0 Å². The summed E-state index contributed by atoms with van der Waals surface area (Å²) in [6.45, 7) is -1.33. The van der Waals surface area contributed by atoms with Gasteiger partial charge in [0.05, 0.1) is 12.3 Å². The zero-order valence-corrected chi connectivity index (χ0v) is 10.5. The summed E-state index contributed by atoms with van der Waals surface area (Å²) in [6.07, 6.45) is 0. The van der Waals surface area contributed by atoms with Crippen LogP contribution in [0.25, 0.3) is 0 Å². The first-order valence-corrected chi connectivity index (χ1v) is 5.46. The lowest BCUT2D eigenvalue weighted by atomic mass is 10.2. The van der Waals surface area contributed by atoms with Crippen molar-refractivity contribution in [3.63, 3.8) is 0 Å². The Balaban J connectivity index is 3.19. The van der Waals surface area contributed by atoms with Crippen LogP contribution in [-0.4, -0.2) is 19.2 Å². The van der Waals surface area contributed by atoms with Gasteiger partial charge in [0.15, 0.2) is 5.75 Å². The Kier molecular flexibility index (Phi) is 4.68. The van der Waals surface area contributed by atoms with Gasteiger partial charge in [-0.2, -0.15) is 8.78 Å². The summed E-state index contributed by atoms with van der Waals surface area (Å²) in [7, 11) is 0. The van der Waals surface area contributed by atoms with Crippen LogP contribution in [0.2, 0.25) is 0 Å². The number of anilines is 1. The van der Waals surface area contributed by atoms with E-state index in [1.165, 1.54) is 12.1 Å². The lowest BCUT2D eigenvalue weighted by molar-refractivity contribution is -0.0499. The van der Waals surface area contributed by atoms with Gasteiger partial charge in [0.1, 0.15) is 5.56 Å². The molecule has 2 N–H and O–H groups in total. The topological polar surface area (TPSA) is 61.5 Å². The average Bonchev–Trinajstić information content (AvgIpc) is 2.21. The number of esters is 1. The van der Waals surface area contributed by atoms with Gasteiger partial charge in [-0.1, -0.05) is 15.9 Å². The Hall–Kier alpha value is -1.37. The normalized spacial score (nSPS) is 10.4. The number of benzene rings is 1. The van der Waals surface area contributed by atoms with Crippen molar-refractivity contribution in [2.75, 3.05) is 12.3 Å². The number of alkyl halides is 2. The second-order valence-electron chi connectivity index (χ2n) is 2.97. The zero-order chi connectivity index (χ0) is 13.0. The zero-order valence-electron chi connectivity index (χ0n) is 8.88. The van der Waals surface area contributed by atoms with E-state index >= 15 is 0 Å². The van der Waals surface area contributed by atoms with Crippen LogP contribution in [0, 0.1) is 0 Å². The first kappa shape index (κ1) is 13.7. The highest BCUT2D eigenvalue weighted by Crippen LogP contribution is 2.32. The van der Waals surface area contributed by atoms with Crippen LogP contribution in [0.3, 0.4) is 0 Å². The third kappa shape index (κ3) is 3.55. The third-order valence-corrected chi connectivity index (χ3v) is 2.24. The predicted octanol–water partition coefficient (Wildman–Crippen LogP) is 2.81. The SMILES string of the molecule is CCOC(=O)c1cc(Br)cc(N)c1OC(F)F. The number of nitrogens with two attached hydrogens (primary N) is 1. The summed E-state index contributed by atoms with van der Waals surface area (Å²) in [6, 6.07) is 2.67. The van der Waals surface area contributed by atoms with Crippen molar-refractivity contribution in [2.24, 2.45) is 0 Å². The van der Waals surface area contributed by atoms with E-state index in [4.69, 9.17) is 10.5 Å². The summed E-state index contributed by atoms with van der Waals surface area (Å²) >= 11 is 3.10. The molecule has 4 nitrogen and oxygen atoms in total. The maximum absolute atomic E-state index is 12.2. The largest absolute Gasteiger partial charge is 0.462 e. The van der Waals surface area contributed by atoms with Crippen molar-refractivity contribution in [1.82, 2.24) is 0 Å². The molecule has 1 rings (SSSR count). The molecule has 0 fully saturated rings. The summed E-state index contributed by atoms with van der Waals surface area (Å²) in [5.41, 5.74) is 5.30. The van der Waals surface area contributed by atoms with Gasteiger partial charge >= 0.3 is 12.6 Å². The van der Waals surface area contributed by atoms with Crippen LogP contribution in [-0.2, 0) is 4.74 Å². The Morgan fingerprint density at radius 1 is 1.53 bits per heavy atom. The summed E-state index contributed by atoms with van der Waals surface area (Å²) in [5.74, 6) is -1.14. The molecule has 0 bridgehead atoms. The molecule has 0 aliphatic carbocycles. The van der Waals surface area contributed by atoms with E-state index in [0.29, 0.717) is 4.47 Å². The van der Waals surface area contributed by atoms with Gasteiger partial charge in [-0.05, 0) is 19.1 Å². The number of hydrogen-bond acceptors (Lipinski definition) is 4.